The van der Waals surface area contributed by atoms with Crippen LogP contribution in [0.1, 0.15) is 5.56 Å². The van der Waals surface area contributed by atoms with Crippen molar-refractivity contribution < 1.29 is 8.42 Å². The van der Waals surface area contributed by atoms with E-state index in [1.807, 2.05) is 12.1 Å². The van der Waals surface area contributed by atoms with E-state index in [1.165, 1.54) is 18.3 Å². The van der Waals surface area contributed by atoms with Gasteiger partial charge in [-0.05, 0) is 54.1 Å². The quantitative estimate of drug-likeness (QED) is 0.680. The number of aromatic nitrogens is 1. The third-order valence-electron chi connectivity index (χ3n) is 3.29. The maximum Gasteiger partial charge on any atom is 0.261 e. The highest BCUT2D eigenvalue weighted by Crippen LogP contribution is 2.19. The number of pyridine rings is 1. The minimum Gasteiger partial charge on any atom is -0.278 e. The van der Waals surface area contributed by atoms with E-state index in [1.54, 1.807) is 48.8 Å². The predicted molar refractivity (Wildman–Crippen MR) is 100 cm³/mol. The summed E-state index contributed by atoms with van der Waals surface area (Å²) < 4.78 is 27.1. The molecule has 0 aliphatic heterocycles. The molecule has 0 aliphatic carbocycles. The van der Waals surface area contributed by atoms with Crippen LogP contribution in [-0.2, 0) is 10.0 Å². The lowest BCUT2D eigenvalue weighted by Gasteiger charge is -2.07. The number of aliphatic imine (C=N–C) groups is 1. The van der Waals surface area contributed by atoms with Crippen LogP contribution in [0.25, 0.3) is 0 Å². The number of benzene rings is 2. The molecule has 1 N–H and O–H groups in total. The largest absolute Gasteiger partial charge is 0.278 e. The van der Waals surface area contributed by atoms with E-state index in [4.69, 9.17) is 11.6 Å². The van der Waals surface area contributed by atoms with Crippen LogP contribution in [0.5, 0.6) is 0 Å². The Morgan fingerprint density at radius 1 is 1.00 bits per heavy atom. The Kier molecular flexibility index (Phi) is 5.11. The maximum atomic E-state index is 12.3. The van der Waals surface area contributed by atoms with Crippen LogP contribution in [-0.4, -0.2) is 19.6 Å². The lowest BCUT2D eigenvalue weighted by Crippen LogP contribution is -2.12. The van der Waals surface area contributed by atoms with Gasteiger partial charge in [0.2, 0.25) is 0 Å². The van der Waals surface area contributed by atoms with E-state index in [-0.39, 0.29) is 4.90 Å². The van der Waals surface area contributed by atoms with Crippen LogP contribution in [0, 0.1) is 0 Å². The Balaban J connectivity index is 1.74. The van der Waals surface area contributed by atoms with E-state index in [2.05, 4.69) is 14.7 Å². The van der Waals surface area contributed by atoms with Crippen molar-refractivity contribution in [3.8, 4) is 0 Å². The van der Waals surface area contributed by atoms with E-state index in [0.29, 0.717) is 16.4 Å². The van der Waals surface area contributed by atoms with Gasteiger partial charge in [0.1, 0.15) is 0 Å². The zero-order chi connectivity index (χ0) is 17.7. The molecule has 0 atom stereocenters. The summed E-state index contributed by atoms with van der Waals surface area (Å²) in [5.74, 6) is 0. The van der Waals surface area contributed by atoms with Gasteiger partial charge in [-0.1, -0.05) is 23.7 Å². The maximum absolute atomic E-state index is 12.3. The molecule has 0 spiro atoms. The molecule has 5 nitrogen and oxygen atoms in total. The Hall–Kier alpha value is -2.70. The van der Waals surface area contributed by atoms with Crippen LogP contribution < -0.4 is 4.72 Å². The summed E-state index contributed by atoms with van der Waals surface area (Å²) in [5, 5.41) is 0.660. The molecule has 0 radical (unpaired) electrons. The molecular weight excluding hydrogens is 358 g/mol. The fraction of sp³-hybridized carbons (Fsp3) is 0. The summed E-state index contributed by atoms with van der Waals surface area (Å²) in [6.45, 7) is 0. The first-order chi connectivity index (χ1) is 12.0. The molecule has 0 unspecified atom stereocenters. The molecule has 25 heavy (non-hydrogen) atoms. The first-order valence-corrected chi connectivity index (χ1v) is 9.22. The highest BCUT2D eigenvalue weighted by atomic mass is 35.5. The first-order valence-electron chi connectivity index (χ1n) is 7.35. The lowest BCUT2D eigenvalue weighted by molar-refractivity contribution is 0.601. The predicted octanol–water partition coefficient (Wildman–Crippen LogP) is 4.29. The second-order valence-corrected chi connectivity index (χ2v) is 7.27. The third kappa shape index (κ3) is 4.65. The van der Waals surface area contributed by atoms with Crippen LogP contribution in [0.4, 0.5) is 11.4 Å². The molecule has 2 aromatic carbocycles. The number of halogens is 1. The summed E-state index contributed by atoms with van der Waals surface area (Å²) in [4.78, 5) is 8.36. The molecule has 7 heteroatoms. The Morgan fingerprint density at radius 2 is 1.72 bits per heavy atom. The molecule has 0 saturated heterocycles. The van der Waals surface area contributed by atoms with E-state index in [0.717, 1.165) is 5.56 Å². The minimum absolute atomic E-state index is 0.154. The smallest absolute Gasteiger partial charge is 0.261 e. The lowest BCUT2D eigenvalue weighted by atomic mass is 10.2. The molecule has 0 fully saturated rings. The molecule has 3 rings (SSSR count). The molecule has 3 aromatic rings. The van der Waals surface area contributed by atoms with E-state index < -0.39 is 10.0 Å². The van der Waals surface area contributed by atoms with Crippen molar-refractivity contribution in [2.45, 2.75) is 4.90 Å². The number of sulfonamides is 1. The number of rotatable bonds is 5. The van der Waals surface area contributed by atoms with Crippen molar-refractivity contribution >= 4 is 39.2 Å². The standard InChI is InChI=1S/C18H14ClN3O2S/c19-15-5-3-14(4-6-15)12-21-16-7-9-18(10-8-16)25(23,24)22-17-2-1-11-20-13-17/h1-13,22H. The van der Waals surface area contributed by atoms with Crippen molar-refractivity contribution in [1.82, 2.24) is 4.98 Å². The Labute approximate surface area is 151 Å². The highest BCUT2D eigenvalue weighted by Gasteiger charge is 2.13. The minimum atomic E-state index is -3.66. The van der Waals surface area contributed by atoms with Crippen LogP contribution in [0.3, 0.4) is 0 Å². The second-order valence-electron chi connectivity index (χ2n) is 5.15. The van der Waals surface area contributed by atoms with Gasteiger partial charge in [0.25, 0.3) is 10.0 Å². The molecule has 1 aromatic heterocycles. The average molecular weight is 372 g/mol. The molecule has 0 amide bonds. The summed E-state index contributed by atoms with van der Waals surface area (Å²) in [5.41, 5.74) is 1.96. The summed E-state index contributed by atoms with van der Waals surface area (Å²) >= 11 is 5.84. The molecular formula is C18H14ClN3O2S. The monoisotopic (exact) mass is 371 g/mol. The molecule has 0 saturated carbocycles. The van der Waals surface area contributed by atoms with Gasteiger partial charge in [0.05, 0.1) is 22.5 Å². The van der Waals surface area contributed by atoms with Crippen molar-refractivity contribution in [2.24, 2.45) is 4.99 Å². The molecule has 1 heterocycles. The Bertz CT molecular complexity index is 971. The average Bonchev–Trinajstić information content (AvgIpc) is 2.62. The number of hydrogen-bond donors (Lipinski definition) is 1. The number of hydrogen-bond acceptors (Lipinski definition) is 4. The van der Waals surface area contributed by atoms with Gasteiger partial charge in [-0.3, -0.25) is 14.7 Å². The van der Waals surface area contributed by atoms with Crippen LogP contribution >= 0.6 is 11.6 Å². The fourth-order valence-corrected chi connectivity index (χ4v) is 3.22. The van der Waals surface area contributed by atoms with Gasteiger partial charge < -0.3 is 0 Å². The molecule has 0 aliphatic rings. The number of nitrogens with one attached hydrogen (secondary N) is 1. The van der Waals surface area contributed by atoms with Gasteiger partial charge in [-0.2, -0.15) is 0 Å². The van der Waals surface area contributed by atoms with Crippen molar-refractivity contribution in [1.29, 1.82) is 0 Å². The SMILES string of the molecule is O=S(=O)(Nc1cccnc1)c1ccc(N=Cc2ccc(Cl)cc2)cc1. The number of anilines is 1. The first kappa shape index (κ1) is 17.1. The van der Waals surface area contributed by atoms with Gasteiger partial charge >= 0.3 is 0 Å². The van der Waals surface area contributed by atoms with Crippen LogP contribution in [0.15, 0.2) is 82.9 Å². The van der Waals surface area contributed by atoms with Crippen molar-refractivity contribution in [3.05, 3.63) is 83.6 Å². The van der Waals surface area contributed by atoms with Crippen LogP contribution in [0.2, 0.25) is 5.02 Å². The van der Waals surface area contributed by atoms with E-state index >= 15 is 0 Å². The normalized spacial score (nSPS) is 11.6. The molecule has 126 valence electrons. The zero-order valence-electron chi connectivity index (χ0n) is 13.0. The third-order valence-corrected chi connectivity index (χ3v) is 4.94. The molecule has 0 bridgehead atoms. The van der Waals surface area contributed by atoms with Gasteiger partial charge in [-0.15, -0.1) is 0 Å². The van der Waals surface area contributed by atoms with Gasteiger partial charge in [0, 0.05) is 17.4 Å². The summed E-state index contributed by atoms with van der Waals surface area (Å²) in [6.07, 6.45) is 4.71. The van der Waals surface area contributed by atoms with Crippen molar-refractivity contribution in [2.75, 3.05) is 4.72 Å². The zero-order valence-corrected chi connectivity index (χ0v) is 14.6. The summed E-state index contributed by atoms with van der Waals surface area (Å²) in [6, 6.07) is 16.9. The fourth-order valence-electron chi connectivity index (χ4n) is 2.05. The van der Waals surface area contributed by atoms with Crippen molar-refractivity contribution in [3.63, 3.8) is 0 Å². The summed E-state index contributed by atoms with van der Waals surface area (Å²) in [7, 11) is -3.66. The number of nitrogens with zero attached hydrogens (tertiary/aromatic N) is 2. The van der Waals surface area contributed by atoms with E-state index in [9.17, 15) is 8.42 Å². The van der Waals surface area contributed by atoms with Gasteiger partial charge in [-0.25, -0.2) is 8.42 Å². The topological polar surface area (TPSA) is 71.4 Å². The van der Waals surface area contributed by atoms with Gasteiger partial charge in [0.15, 0.2) is 0 Å². The second kappa shape index (κ2) is 7.46. The Morgan fingerprint density at radius 3 is 2.36 bits per heavy atom. The highest BCUT2D eigenvalue weighted by molar-refractivity contribution is 7.92.